The molecule has 1 aromatic heterocycles. The lowest BCUT2D eigenvalue weighted by Crippen LogP contribution is -2.61. The van der Waals surface area contributed by atoms with Crippen LogP contribution in [0.1, 0.15) is 24.8 Å². The van der Waals surface area contributed by atoms with Crippen LogP contribution in [0, 0.1) is 5.92 Å². The molecule has 2 saturated heterocycles. The normalized spacial score (nSPS) is 30.9. The van der Waals surface area contributed by atoms with Crippen LogP contribution in [0.4, 0.5) is 0 Å². The third kappa shape index (κ3) is 2.94. The zero-order valence-corrected chi connectivity index (χ0v) is 14.7. The molecule has 0 N–H and O–H groups in total. The van der Waals surface area contributed by atoms with Gasteiger partial charge in [-0.25, -0.2) is 8.42 Å². The van der Waals surface area contributed by atoms with Crippen molar-refractivity contribution in [3.63, 3.8) is 0 Å². The van der Waals surface area contributed by atoms with Crippen molar-refractivity contribution in [3.05, 3.63) is 22.4 Å². The Morgan fingerprint density at radius 3 is 2.65 bits per heavy atom. The summed E-state index contributed by atoms with van der Waals surface area (Å²) in [6, 6.07) is 1.90. The Labute approximate surface area is 141 Å². The number of hydrogen-bond acceptors (Lipinski definition) is 5. The van der Waals surface area contributed by atoms with E-state index in [1.165, 1.54) is 5.56 Å². The quantitative estimate of drug-likeness (QED) is 0.822. The van der Waals surface area contributed by atoms with Gasteiger partial charge in [0, 0.05) is 31.6 Å². The van der Waals surface area contributed by atoms with Gasteiger partial charge in [0.15, 0.2) is 9.84 Å². The third-order valence-corrected chi connectivity index (χ3v) is 7.93. The molecule has 0 unspecified atom stereocenters. The lowest BCUT2D eigenvalue weighted by molar-refractivity contribution is -0.144. The highest BCUT2D eigenvalue weighted by molar-refractivity contribution is 7.91. The van der Waals surface area contributed by atoms with E-state index in [-0.39, 0.29) is 35.4 Å². The van der Waals surface area contributed by atoms with Crippen LogP contribution in [0.3, 0.4) is 0 Å². The standard InChI is InChI=1S/C16H22N2O3S2/c19-16(13-2-1-3-13)18-6-5-17(8-12-4-7-22-9-12)14-10-23(20,21)11-15(14)18/h4,7,9,13-15H,1-3,5-6,8,10-11H2/t14-,15+/m1/s1. The summed E-state index contributed by atoms with van der Waals surface area (Å²) >= 11 is 1.66. The zero-order valence-electron chi connectivity index (χ0n) is 13.1. The Kier molecular flexibility index (Phi) is 3.98. The minimum Gasteiger partial charge on any atom is -0.336 e. The Morgan fingerprint density at radius 2 is 2.00 bits per heavy atom. The first-order chi connectivity index (χ1) is 11.0. The molecule has 7 heteroatoms. The number of nitrogens with zero attached hydrogens (tertiary/aromatic N) is 2. The van der Waals surface area contributed by atoms with E-state index in [2.05, 4.69) is 21.7 Å². The predicted octanol–water partition coefficient (Wildman–Crippen LogP) is 1.36. The molecule has 1 aromatic rings. The number of hydrogen-bond donors (Lipinski definition) is 0. The van der Waals surface area contributed by atoms with E-state index in [0.717, 1.165) is 32.4 Å². The minimum absolute atomic E-state index is 0.0438. The number of amides is 1. The Morgan fingerprint density at radius 1 is 1.22 bits per heavy atom. The average Bonchev–Trinajstić information content (AvgIpc) is 3.03. The Bertz CT molecular complexity index is 682. The van der Waals surface area contributed by atoms with Crippen molar-refractivity contribution >= 4 is 27.1 Å². The number of thiophene rings is 1. The summed E-state index contributed by atoms with van der Waals surface area (Å²) in [6.45, 7) is 2.22. The molecule has 4 rings (SSSR count). The summed E-state index contributed by atoms with van der Waals surface area (Å²) in [5, 5.41) is 4.17. The van der Waals surface area contributed by atoms with Gasteiger partial charge in [-0.15, -0.1) is 0 Å². The van der Waals surface area contributed by atoms with E-state index < -0.39 is 9.84 Å². The van der Waals surface area contributed by atoms with Crippen molar-refractivity contribution in [2.24, 2.45) is 5.92 Å². The smallest absolute Gasteiger partial charge is 0.226 e. The monoisotopic (exact) mass is 354 g/mol. The van der Waals surface area contributed by atoms with Crippen molar-refractivity contribution in [3.8, 4) is 0 Å². The number of sulfone groups is 1. The van der Waals surface area contributed by atoms with Crippen LogP contribution in [0.25, 0.3) is 0 Å². The summed E-state index contributed by atoms with van der Waals surface area (Å²) in [5.74, 6) is 0.660. The number of fused-ring (bicyclic) bond motifs is 1. The summed E-state index contributed by atoms with van der Waals surface area (Å²) in [5.41, 5.74) is 1.23. The molecule has 0 spiro atoms. The molecule has 1 saturated carbocycles. The molecule has 0 radical (unpaired) electrons. The van der Waals surface area contributed by atoms with Crippen LogP contribution in [-0.2, 0) is 21.2 Å². The fraction of sp³-hybridized carbons (Fsp3) is 0.688. The maximum atomic E-state index is 12.7. The van der Waals surface area contributed by atoms with E-state index in [4.69, 9.17) is 0 Å². The van der Waals surface area contributed by atoms with E-state index in [9.17, 15) is 13.2 Å². The number of rotatable bonds is 3. The maximum Gasteiger partial charge on any atom is 0.226 e. The third-order valence-electron chi connectivity index (χ3n) is 5.49. The SMILES string of the molecule is O=C(C1CCC1)N1CCN(Cc2ccsc2)[C@@H]2CS(=O)(=O)C[C@@H]21. The van der Waals surface area contributed by atoms with Gasteiger partial charge in [-0.1, -0.05) is 6.42 Å². The second-order valence-corrected chi connectivity index (χ2v) is 9.91. The maximum absolute atomic E-state index is 12.7. The van der Waals surface area contributed by atoms with Gasteiger partial charge in [0.05, 0.1) is 17.5 Å². The number of piperazine rings is 1. The second-order valence-electron chi connectivity index (χ2n) is 6.97. The Balaban J connectivity index is 1.55. The molecule has 1 amide bonds. The van der Waals surface area contributed by atoms with Gasteiger partial charge in [-0.3, -0.25) is 9.69 Å². The minimum atomic E-state index is -3.05. The fourth-order valence-corrected chi connectivity index (χ4v) is 6.67. The molecule has 0 aromatic carbocycles. The van der Waals surface area contributed by atoms with Crippen molar-refractivity contribution in [2.75, 3.05) is 24.6 Å². The largest absolute Gasteiger partial charge is 0.336 e. The topological polar surface area (TPSA) is 57.7 Å². The van der Waals surface area contributed by atoms with E-state index in [1.807, 2.05) is 4.90 Å². The van der Waals surface area contributed by atoms with Gasteiger partial charge in [0.1, 0.15) is 0 Å². The summed E-state index contributed by atoms with van der Waals surface area (Å²) in [4.78, 5) is 16.8. The Hall–Kier alpha value is -0.920. The number of carbonyl (C=O) groups is 1. The van der Waals surface area contributed by atoms with Crippen molar-refractivity contribution in [2.45, 2.75) is 37.9 Å². The molecule has 3 fully saturated rings. The van der Waals surface area contributed by atoms with Gasteiger partial charge >= 0.3 is 0 Å². The zero-order chi connectivity index (χ0) is 16.0. The lowest BCUT2D eigenvalue weighted by Gasteiger charge is -2.45. The fourth-order valence-electron chi connectivity index (χ4n) is 4.00. The molecule has 3 aliphatic rings. The van der Waals surface area contributed by atoms with Gasteiger partial charge in [0.2, 0.25) is 5.91 Å². The highest BCUT2D eigenvalue weighted by Gasteiger charge is 2.49. The van der Waals surface area contributed by atoms with Crippen LogP contribution >= 0.6 is 11.3 Å². The van der Waals surface area contributed by atoms with Crippen molar-refractivity contribution in [1.82, 2.24) is 9.80 Å². The lowest BCUT2D eigenvalue weighted by atomic mass is 9.83. The van der Waals surface area contributed by atoms with Crippen LogP contribution in [0.2, 0.25) is 0 Å². The van der Waals surface area contributed by atoms with Gasteiger partial charge in [-0.05, 0) is 35.2 Å². The summed E-state index contributed by atoms with van der Waals surface area (Å²) in [7, 11) is -3.05. The van der Waals surface area contributed by atoms with E-state index in [0.29, 0.717) is 6.54 Å². The molecular formula is C16H22N2O3S2. The molecule has 3 heterocycles. The van der Waals surface area contributed by atoms with Crippen LogP contribution < -0.4 is 0 Å². The van der Waals surface area contributed by atoms with Gasteiger partial charge < -0.3 is 4.90 Å². The molecule has 0 bridgehead atoms. The van der Waals surface area contributed by atoms with E-state index in [1.54, 1.807) is 11.3 Å². The predicted molar refractivity (Wildman–Crippen MR) is 90.0 cm³/mol. The first-order valence-electron chi connectivity index (χ1n) is 8.29. The summed E-state index contributed by atoms with van der Waals surface area (Å²) in [6.07, 6.45) is 3.07. The van der Waals surface area contributed by atoms with Crippen molar-refractivity contribution < 1.29 is 13.2 Å². The molecule has 2 aliphatic heterocycles. The van der Waals surface area contributed by atoms with E-state index >= 15 is 0 Å². The molecule has 5 nitrogen and oxygen atoms in total. The molecule has 1 aliphatic carbocycles. The molecule has 126 valence electrons. The summed E-state index contributed by atoms with van der Waals surface area (Å²) < 4.78 is 24.4. The highest BCUT2D eigenvalue weighted by atomic mass is 32.2. The molecule has 2 atom stereocenters. The van der Waals surface area contributed by atoms with Crippen LogP contribution in [-0.4, -0.2) is 60.8 Å². The second kappa shape index (κ2) is 5.86. The van der Waals surface area contributed by atoms with Gasteiger partial charge in [-0.2, -0.15) is 11.3 Å². The number of carbonyl (C=O) groups excluding carboxylic acids is 1. The van der Waals surface area contributed by atoms with Crippen molar-refractivity contribution in [1.29, 1.82) is 0 Å². The first-order valence-corrected chi connectivity index (χ1v) is 11.1. The molecular weight excluding hydrogens is 332 g/mol. The van der Waals surface area contributed by atoms with Crippen LogP contribution in [0.15, 0.2) is 16.8 Å². The first kappa shape index (κ1) is 15.6. The average molecular weight is 354 g/mol. The van der Waals surface area contributed by atoms with Gasteiger partial charge in [0.25, 0.3) is 0 Å². The highest BCUT2D eigenvalue weighted by Crippen LogP contribution is 2.34. The van der Waals surface area contributed by atoms with Crippen LogP contribution in [0.5, 0.6) is 0 Å². The molecule has 23 heavy (non-hydrogen) atoms.